The zero-order valence-corrected chi connectivity index (χ0v) is 13.4. The SMILES string of the molecule is Cn1c(C#N)ccc(NCc2nc3cc(Cl)ccc3[nH]c2=O)c1=O. The van der Waals surface area contributed by atoms with Gasteiger partial charge in [-0.25, -0.2) is 4.98 Å². The molecule has 0 aliphatic carbocycles. The van der Waals surface area contributed by atoms with Crippen LogP contribution >= 0.6 is 11.6 Å². The van der Waals surface area contributed by atoms with Crippen molar-refractivity contribution in [1.82, 2.24) is 14.5 Å². The highest BCUT2D eigenvalue weighted by Crippen LogP contribution is 2.15. The highest BCUT2D eigenvalue weighted by Gasteiger charge is 2.08. The zero-order chi connectivity index (χ0) is 17.3. The van der Waals surface area contributed by atoms with E-state index in [9.17, 15) is 9.59 Å². The number of H-pyrrole nitrogens is 1. The summed E-state index contributed by atoms with van der Waals surface area (Å²) >= 11 is 5.93. The second-order valence-electron chi connectivity index (χ2n) is 5.14. The lowest BCUT2D eigenvalue weighted by Crippen LogP contribution is -2.24. The molecular formula is C16H12ClN5O2. The first-order valence-electron chi connectivity index (χ1n) is 7.02. The minimum Gasteiger partial charge on any atom is -0.375 e. The van der Waals surface area contributed by atoms with Crippen LogP contribution in [0.3, 0.4) is 0 Å². The maximum absolute atomic E-state index is 12.1. The molecule has 0 aliphatic heterocycles. The number of nitrogens with zero attached hydrogens (tertiary/aromatic N) is 3. The first kappa shape index (κ1) is 15.8. The molecule has 2 heterocycles. The summed E-state index contributed by atoms with van der Waals surface area (Å²) in [7, 11) is 1.51. The Balaban J connectivity index is 1.93. The normalized spacial score (nSPS) is 10.5. The summed E-state index contributed by atoms with van der Waals surface area (Å²) in [5.74, 6) is 0. The lowest BCUT2D eigenvalue weighted by Gasteiger charge is -2.08. The van der Waals surface area contributed by atoms with Crippen molar-refractivity contribution in [1.29, 1.82) is 5.26 Å². The summed E-state index contributed by atoms with van der Waals surface area (Å²) in [4.78, 5) is 31.2. The van der Waals surface area contributed by atoms with Gasteiger partial charge in [-0.2, -0.15) is 5.26 Å². The second kappa shape index (κ2) is 6.18. The minimum atomic E-state index is -0.352. The third-order valence-corrected chi connectivity index (χ3v) is 3.83. The Bertz CT molecular complexity index is 1090. The van der Waals surface area contributed by atoms with Crippen LogP contribution in [0.25, 0.3) is 11.0 Å². The van der Waals surface area contributed by atoms with Crippen molar-refractivity contribution in [2.45, 2.75) is 6.54 Å². The van der Waals surface area contributed by atoms with E-state index in [4.69, 9.17) is 16.9 Å². The third kappa shape index (κ3) is 2.87. The van der Waals surface area contributed by atoms with E-state index in [0.29, 0.717) is 16.1 Å². The fourth-order valence-corrected chi connectivity index (χ4v) is 2.44. The number of fused-ring (bicyclic) bond motifs is 1. The number of aromatic amines is 1. The monoisotopic (exact) mass is 341 g/mol. The highest BCUT2D eigenvalue weighted by atomic mass is 35.5. The van der Waals surface area contributed by atoms with Crippen LogP contribution in [0.15, 0.2) is 39.9 Å². The van der Waals surface area contributed by atoms with Crippen LogP contribution in [0.1, 0.15) is 11.4 Å². The van der Waals surface area contributed by atoms with Gasteiger partial charge in [-0.1, -0.05) is 11.6 Å². The van der Waals surface area contributed by atoms with E-state index in [1.807, 2.05) is 6.07 Å². The second-order valence-corrected chi connectivity index (χ2v) is 5.57. The molecule has 3 aromatic rings. The molecule has 0 unspecified atom stereocenters. The Morgan fingerprint density at radius 3 is 2.88 bits per heavy atom. The van der Waals surface area contributed by atoms with Gasteiger partial charge in [-0.15, -0.1) is 0 Å². The predicted octanol–water partition coefficient (Wildman–Crippen LogP) is 1.76. The summed E-state index contributed by atoms with van der Waals surface area (Å²) in [6.07, 6.45) is 0. The average Bonchev–Trinajstić information content (AvgIpc) is 2.57. The molecule has 0 fully saturated rings. The third-order valence-electron chi connectivity index (χ3n) is 3.59. The Labute approximate surface area is 141 Å². The largest absolute Gasteiger partial charge is 0.375 e. The number of pyridine rings is 1. The molecule has 0 saturated carbocycles. The van der Waals surface area contributed by atoms with Crippen LogP contribution in [0.5, 0.6) is 0 Å². The molecule has 1 aromatic carbocycles. The topological polar surface area (TPSA) is 104 Å². The molecule has 8 heteroatoms. The summed E-state index contributed by atoms with van der Waals surface area (Å²) in [6, 6.07) is 9.96. The quantitative estimate of drug-likeness (QED) is 0.755. The zero-order valence-electron chi connectivity index (χ0n) is 12.6. The van der Waals surface area contributed by atoms with Crippen LogP contribution in [0.4, 0.5) is 5.69 Å². The van der Waals surface area contributed by atoms with Gasteiger partial charge >= 0.3 is 0 Å². The maximum atomic E-state index is 12.1. The number of hydrogen-bond acceptors (Lipinski definition) is 5. The van der Waals surface area contributed by atoms with Crippen molar-refractivity contribution >= 4 is 28.3 Å². The number of nitrogens with one attached hydrogen (secondary N) is 2. The van der Waals surface area contributed by atoms with Crippen LogP contribution in [0, 0.1) is 11.3 Å². The van der Waals surface area contributed by atoms with Crippen molar-refractivity contribution in [2.24, 2.45) is 7.05 Å². The summed E-state index contributed by atoms with van der Waals surface area (Å²) < 4.78 is 1.24. The van der Waals surface area contributed by atoms with Crippen molar-refractivity contribution in [3.05, 3.63) is 67.4 Å². The van der Waals surface area contributed by atoms with E-state index in [1.165, 1.54) is 23.7 Å². The molecule has 0 radical (unpaired) electrons. The van der Waals surface area contributed by atoms with Crippen molar-refractivity contribution in [3.8, 4) is 6.07 Å². The van der Waals surface area contributed by atoms with Gasteiger partial charge in [0.05, 0.1) is 17.6 Å². The number of aromatic nitrogens is 3. The smallest absolute Gasteiger partial charge is 0.274 e. The molecule has 0 aliphatic rings. The molecule has 0 atom stereocenters. The van der Waals surface area contributed by atoms with E-state index in [2.05, 4.69) is 15.3 Å². The lowest BCUT2D eigenvalue weighted by atomic mass is 10.3. The number of anilines is 1. The van der Waals surface area contributed by atoms with Crippen molar-refractivity contribution in [2.75, 3.05) is 5.32 Å². The van der Waals surface area contributed by atoms with Gasteiger partial charge in [0.15, 0.2) is 0 Å². The average molecular weight is 342 g/mol. The number of hydrogen-bond donors (Lipinski definition) is 2. The molecule has 0 spiro atoms. The van der Waals surface area contributed by atoms with Gasteiger partial charge < -0.3 is 14.9 Å². The maximum Gasteiger partial charge on any atom is 0.274 e. The number of rotatable bonds is 3. The lowest BCUT2D eigenvalue weighted by molar-refractivity contribution is 0.840. The highest BCUT2D eigenvalue weighted by molar-refractivity contribution is 6.31. The molecule has 2 N–H and O–H groups in total. The molecule has 0 amide bonds. The van der Waals surface area contributed by atoms with Crippen molar-refractivity contribution < 1.29 is 0 Å². The Morgan fingerprint density at radius 2 is 2.12 bits per heavy atom. The van der Waals surface area contributed by atoms with Gasteiger partial charge in [0.25, 0.3) is 11.1 Å². The number of halogens is 1. The van der Waals surface area contributed by atoms with Crippen molar-refractivity contribution in [3.63, 3.8) is 0 Å². The van der Waals surface area contributed by atoms with Gasteiger partial charge in [-0.05, 0) is 30.3 Å². The van der Waals surface area contributed by atoms with E-state index in [1.54, 1.807) is 18.2 Å². The van der Waals surface area contributed by atoms with E-state index in [-0.39, 0.29) is 34.7 Å². The molecule has 24 heavy (non-hydrogen) atoms. The first-order valence-corrected chi connectivity index (χ1v) is 7.40. The van der Waals surface area contributed by atoms with Crippen LogP contribution in [0.2, 0.25) is 5.02 Å². The van der Waals surface area contributed by atoms with Crippen LogP contribution in [-0.2, 0) is 13.6 Å². The Hall–Kier alpha value is -3.11. The van der Waals surface area contributed by atoms with Gasteiger partial charge in [0.2, 0.25) is 0 Å². The minimum absolute atomic E-state index is 0.0684. The molecular weight excluding hydrogens is 330 g/mol. The van der Waals surface area contributed by atoms with E-state index < -0.39 is 0 Å². The standard InChI is InChI=1S/C16H12ClN5O2/c1-22-10(7-18)3-5-12(16(22)24)19-8-14-15(23)21-11-4-2-9(17)6-13(11)20-14/h2-6,19H,8H2,1H3,(H,21,23). The molecule has 0 saturated heterocycles. The van der Waals surface area contributed by atoms with Gasteiger partial charge in [-0.3, -0.25) is 9.59 Å². The molecule has 3 rings (SSSR count). The Kier molecular flexibility index (Phi) is 4.06. The molecule has 120 valence electrons. The van der Waals surface area contributed by atoms with Crippen LogP contribution in [-0.4, -0.2) is 14.5 Å². The summed E-state index contributed by atoms with van der Waals surface area (Å²) in [6.45, 7) is 0.0684. The summed E-state index contributed by atoms with van der Waals surface area (Å²) in [5.41, 5.74) is 1.22. The number of benzene rings is 1. The Morgan fingerprint density at radius 1 is 1.33 bits per heavy atom. The molecule has 7 nitrogen and oxygen atoms in total. The van der Waals surface area contributed by atoms with E-state index >= 15 is 0 Å². The van der Waals surface area contributed by atoms with Crippen LogP contribution < -0.4 is 16.4 Å². The summed E-state index contributed by atoms with van der Waals surface area (Å²) in [5, 5.41) is 12.3. The molecule has 2 aromatic heterocycles. The van der Waals surface area contributed by atoms with E-state index in [0.717, 1.165) is 0 Å². The molecule has 0 bridgehead atoms. The fraction of sp³-hybridized carbons (Fsp3) is 0.125. The van der Waals surface area contributed by atoms with Gasteiger partial charge in [0, 0.05) is 12.1 Å². The number of nitriles is 1. The first-order chi connectivity index (χ1) is 11.5. The van der Waals surface area contributed by atoms with Gasteiger partial charge in [0.1, 0.15) is 23.1 Å². The fourth-order valence-electron chi connectivity index (χ4n) is 2.27. The predicted molar refractivity (Wildman–Crippen MR) is 91.1 cm³/mol.